The number of nitrogens with one attached hydrogen (secondary N) is 1. The Morgan fingerprint density at radius 2 is 2.00 bits per heavy atom. The van der Waals surface area contributed by atoms with Crippen molar-refractivity contribution in [3.8, 4) is 17.6 Å². The van der Waals surface area contributed by atoms with Crippen LogP contribution >= 0.6 is 0 Å². The molecule has 2 amide bonds. The highest BCUT2D eigenvalue weighted by molar-refractivity contribution is 6.00. The number of nitrogens with zero attached hydrogens (tertiary/aromatic N) is 1. The van der Waals surface area contributed by atoms with E-state index in [0.717, 1.165) is 31.4 Å². The third kappa shape index (κ3) is 8.06. The Bertz CT molecular complexity index is 857. The molecular weight excluding hydrogens is 380 g/mol. The zero-order valence-electron chi connectivity index (χ0n) is 17.5. The maximum atomic E-state index is 12.2. The average molecular weight is 408 g/mol. The van der Waals surface area contributed by atoms with Crippen LogP contribution in [0, 0.1) is 11.8 Å². The van der Waals surface area contributed by atoms with Gasteiger partial charge in [-0.3, -0.25) is 9.59 Å². The molecule has 2 rings (SSSR count). The fourth-order valence-electron chi connectivity index (χ4n) is 2.73. The molecule has 0 saturated carbocycles. The van der Waals surface area contributed by atoms with Crippen LogP contribution in [0.4, 0.5) is 0 Å². The second-order valence-corrected chi connectivity index (χ2v) is 6.65. The van der Waals surface area contributed by atoms with Gasteiger partial charge < -0.3 is 14.8 Å². The number of carbonyl (C=O) groups is 2. The summed E-state index contributed by atoms with van der Waals surface area (Å²) in [5, 5.41) is 2.90. The summed E-state index contributed by atoms with van der Waals surface area (Å²) in [6.45, 7) is 0.611. The summed E-state index contributed by atoms with van der Waals surface area (Å²) in [5.41, 5.74) is 1.14. The van der Waals surface area contributed by atoms with Gasteiger partial charge in [-0.15, -0.1) is 0 Å². The van der Waals surface area contributed by atoms with Crippen LogP contribution in [0.25, 0.3) is 0 Å². The standard InChI is InChI=1S/C24H28N2O4/c1-29-21-10-6-5-9-19(11-14-21)23(27)25-17-7-3-4-8-18-26-24(28)20-12-15-22(30-2)16-13-20/h9,11-17,21H,3-5,7-8,18H2,1-2H3,(H,26,28). The maximum absolute atomic E-state index is 12.2. The quantitative estimate of drug-likeness (QED) is 0.365. The monoisotopic (exact) mass is 408 g/mol. The van der Waals surface area contributed by atoms with Crippen LogP contribution in [-0.4, -0.2) is 44.9 Å². The molecule has 1 N–H and O–H groups in total. The zero-order chi connectivity index (χ0) is 21.6. The van der Waals surface area contributed by atoms with Crippen molar-refractivity contribution in [1.29, 1.82) is 0 Å². The minimum Gasteiger partial charge on any atom is -0.497 e. The molecule has 0 radical (unpaired) electrons. The summed E-state index contributed by atoms with van der Waals surface area (Å²) in [7, 11) is 3.17. The molecule has 0 fully saturated rings. The fraction of sp³-hybridized carbons (Fsp3) is 0.375. The number of allylic oxidation sites excluding steroid dienone is 1. The van der Waals surface area contributed by atoms with Gasteiger partial charge in [-0.2, -0.15) is 0 Å². The lowest BCUT2D eigenvalue weighted by Crippen LogP contribution is -2.24. The van der Waals surface area contributed by atoms with Crippen LogP contribution in [0.2, 0.25) is 0 Å². The van der Waals surface area contributed by atoms with Gasteiger partial charge in [0.05, 0.1) is 7.11 Å². The number of hydrogen-bond acceptors (Lipinski definition) is 4. The van der Waals surface area contributed by atoms with E-state index < -0.39 is 0 Å². The largest absolute Gasteiger partial charge is 0.497 e. The first-order chi connectivity index (χ1) is 14.6. The molecule has 0 aliphatic heterocycles. The van der Waals surface area contributed by atoms with Crippen LogP contribution in [0.1, 0.15) is 42.5 Å². The van der Waals surface area contributed by atoms with E-state index in [1.807, 2.05) is 0 Å². The van der Waals surface area contributed by atoms with Gasteiger partial charge in [-0.25, -0.2) is 4.99 Å². The number of ether oxygens (including phenoxy) is 2. The van der Waals surface area contributed by atoms with Crippen LogP contribution in [-0.2, 0) is 9.53 Å². The number of hydrogen-bond donors (Lipinski definition) is 1. The summed E-state index contributed by atoms with van der Waals surface area (Å²) in [4.78, 5) is 28.3. The first-order valence-corrected chi connectivity index (χ1v) is 10.0. The van der Waals surface area contributed by atoms with E-state index in [-0.39, 0.29) is 17.9 Å². The molecule has 1 aromatic rings. The van der Waals surface area contributed by atoms with Gasteiger partial charge in [0.1, 0.15) is 11.9 Å². The Morgan fingerprint density at radius 3 is 2.73 bits per heavy atom. The summed E-state index contributed by atoms with van der Waals surface area (Å²) < 4.78 is 10.3. The van der Waals surface area contributed by atoms with E-state index in [4.69, 9.17) is 9.47 Å². The molecule has 1 unspecified atom stereocenters. The molecule has 0 spiro atoms. The van der Waals surface area contributed by atoms with E-state index in [0.29, 0.717) is 24.1 Å². The SMILES string of the molecule is COc1ccc(C(=O)NCCCCCC=NC(=O)C2=CCC#CC(OC)C=C2)cc1. The van der Waals surface area contributed by atoms with Gasteiger partial charge in [-0.05, 0) is 49.6 Å². The van der Waals surface area contributed by atoms with Crippen molar-refractivity contribution in [2.24, 2.45) is 4.99 Å². The summed E-state index contributed by atoms with van der Waals surface area (Å²) >= 11 is 0. The van der Waals surface area contributed by atoms with Gasteiger partial charge in [0.15, 0.2) is 0 Å². The van der Waals surface area contributed by atoms with Gasteiger partial charge in [0, 0.05) is 37.4 Å². The summed E-state index contributed by atoms with van der Waals surface area (Å²) in [6.07, 6.45) is 10.5. The Morgan fingerprint density at radius 1 is 1.20 bits per heavy atom. The average Bonchev–Trinajstić information content (AvgIpc) is 2.75. The van der Waals surface area contributed by atoms with Crippen molar-refractivity contribution >= 4 is 18.0 Å². The third-order valence-corrected chi connectivity index (χ3v) is 4.48. The van der Waals surface area contributed by atoms with Crippen LogP contribution < -0.4 is 10.1 Å². The highest BCUT2D eigenvalue weighted by Gasteiger charge is 2.07. The smallest absolute Gasteiger partial charge is 0.276 e. The molecule has 6 nitrogen and oxygen atoms in total. The zero-order valence-corrected chi connectivity index (χ0v) is 17.5. The second kappa shape index (κ2) is 13.1. The number of rotatable bonds is 10. The topological polar surface area (TPSA) is 77.0 Å². The minimum absolute atomic E-state index is 0.0919. The Kier molecular flexibility index (Phi) is 10.1. The van der Waals surface area contributed by atoms with Gasteiger partial charge >= 0.3 is 0 Å². The van der Waals surface area contributed by atoms with E-state index in [9.17, 15) is 9.59 Å². The van der Waals surface area contributed by atoms with Crippen LogP contribution in [0.15, 0.2) is 53.1 Å². The predicted octanol–water partition coefficient (Wildman–Crippen LogP) is 3.49. The van der Waals surface area contributed by atoms with Gasteiger partial charge in [0.2, 0.25) is 0 Å². The van der Waals surface area contributed by atoms with Gasteiger partial charge in [0.25, 0.3) is 11.8 Å². The molecular formula is C24H28N2O4. The number of carbonyl (C=O) groups excluding carboxylic acids is 2. The Balaban J connectivity index is 1.62. The highest BCUT2D eigenvalue weighted by atomic mass is 16.5. The number of methoxy groups -OCH3 is 2. The molecule has 1 aromatic carbocycles. The van der Waals surface area contributed by atoms with Crippen molar-refractivity contribution in [2.45, 2.75) is 38.2 Å². The van der Waals surface area contributed by atoms with E-state index in [1.54, 1.807) is 62.9 Å². The Labute approximate surface area is 178 Å². The fourth-order valence-corrected chi connectivity index (χ4v) is 2.73. The highest BCUT2D eigenvalue weighted by Crippen LogP contribution is 2.11. The molecule has 0 bridgehead atoms. The van der Waals surface area contributed by atoms with E-state index in [1.165, 1.54) is 0 Å². The lowest BCUT2D eigenvalue weighted by atomic mass is 10.1. The molecule has 0 aromatic heterocycles. The first kappa shape index (κ1) is 23.1. The van der Waals surface area contributed by atoms with Crippen LogP contribution in [0.3, 0.4) is 0 Å². The van der Waals surface area contributed by atoms with Crippen molar-refractivity contribution < 1.29 is 19.1 Å². The second-order valence-electron chi connectivity index (χ2n) is 6.65. The predicted molar refractivity (Wildman–Crippen MR) is 118 cm³/mol. The van der Waals surface area contributed by atoms with Gasteiger partial charge in [-0.1, -0.05) is 30.4 Å². The minimum atomic E-state index is -0.296. The normalized spacial score (nSPS) is 15.5. The molecule has 0 heterocycles. The molecule has 1 aliphatic rings. The van der Waals surface area contributed by atoms with E-state index in [2.05, 4.69) is 22.2 Å². The van der Waals surface area contributed by atoms with Crippen molar-refractivity contribution in [3.63, 3.8) is 0 Å². The van der Waals surface area contributed by atoms with Crippen molar-refractivity contribution in [2.75, 3.05) is 20.8 Å². The van der Waals surface area contributed by atoms with Crippen molar-refractivity contribution in [3.05, 3.63) is 53.6 Å². The lowest BCUT2D eigenvalue weighted by Gasteiger charge is -2.06. The molecule has 30 heavy (non-hydrogen) atoms. The molecule has 158 valence electrons. The first-order valence-electron chi connectivity index (χ1n) is 10.0. The number of unbranched alkanes of at least 4 members (excludes halogenated alkanes) is 3. The molecule has 6 heteroatoms. The molecule has 0 saturated heterocycles. The lowest BCUT2D eigenvalue weighted by molar-refractivity contribution is -0.114. The molecule has 1 atom stereocenters. The summed E-state index contributed by atoms with van der Waals surface area (Å²) in [5.74, 6) is 6.26. The Hall–Kier alpha value is -3.17. The third-order valence-electron chi connectivity index (χ3n) is 4.48. The van der Waals surface area contributed by atoms with Crippen molar-refractivity contribution in [1.82, 2.24) is 5.32 Å². The summed E-state index contributed by atoms with van der Waals surface area (Å²) in [6, 6.07) is 7.01. The molecule has 1 aliphatic carbocycles. The maximum Gasteiger partial charge on any atom is 0.276 e. The number of benzene rings is 1. The van der Waals surface area contributed by atoms with E-state index >= 15 is 0 Å². The number of amides is 2. The van der Waals surface area contributed by atoms with Crippen LogP contribution in [0.5, 0.6) is 5.75 Å². The number of aliphatic imine (C=N–C) groups is 1.